The number of carboxylic acids is 2. The van der Waals surface area contributed by atoms with Gasteiger partial charge in [0.05, 0.1) is 36.4 Å². The molecule has 0 saturated heterocycles. The van der Waals surface area contributed by atoms with E-state index in [4.69, 9.17) is 10.5 Å². The van der Waals surface area contributed by atoms with Crippen LogP contribution in [0.2, 0.25) is 0 Å². The quantitative estimate of drug-likeness (QED) is 0.0475. The van der Waals surface area contributed by atoms with Crippen molar-refractivity contribution >= 4 is 47.2 Å². The van der Waals surface area contributed by atoms with E-state index in [0.29, 0.717) is 5.56 Å². The van der Waals surface area contributed by atoms with Crippen LogP contribution >= 0.6 is 0 Å². The smallest absolute Gasteiger partial charge is 0.306 e. The molecule has 7 N–H and O–H groups in total. The minimum Gasteiger partial charge on any atom is -0.481 e. The highest BCUT2D eigenvalue weighted by Crippen LogP contribution is 2.44. The lowest BCUT2D eigenvalue weighted by Crippen LogP contribution is -2.48. The molecule has 5 rings (SSSR count). The number of aliphatic hydroxyl groups is 1. The number of nitrogens with two attached hydrogens (primary N) is 1. The molecule has 342 valence electrons. The maximum absolute atomic E-state index is 14.3. The van der Waals surface area contributed by atoms with E-state index in [2.05, 4.69) is 10.6 Å². The Hall–Kier alpha value is -7.00. The number of fused-ring (bicyclic) bond motifs is 3. The monoisotopic (exact) mass is 889 g/mol. The van der Waals surface area contributed by atoms with Crippen LogP contribution in [0.15, 0.2) is 109 Å². The maximum atomic E-state index is 14.3. The molecular weight excluding hydrogens is 835 g/mol. The minimum absolute atomic E-state index is 0.0200. The second kappa shape index (κ2) is 23.6. The largest absolute Gasteiger partial charge is 0.481 e. The second-order valence-corrected chi connectivity index (χ2v) is 16.5. The normalized spacial score (nSPS) is 14.6. The van der Waals surface area contributed by atoms with Crippen molar-refractivity contribution in [2.75, 3.05) is 6.61 Å². The summed E-state index contributed by atoms with van der Waals surface area (Å²) >= 11 is 0. The van der Waals surface area contributed by atoms with E-state index >= 15 is 0 Å². The summed E-state index contributed by atoms with van der Waals surface area (Å²) in [4.78, 5) is 105. The van der Waals surface area contributed by atoms with Crippen LogP contribution in [0.25, 0.3) is 11.1 Å². The van der Waals surface area contributed by atoms with Gasteiger partial charge in [-0.2, -0.15) is 0 Å². The zero-order valence-electron chi connectivity index (χ0n) is 36.1. The van der Waals surface area contributed by atoms with Crippen LogP contribution in [-0.4, -0.2) is 87.3 Å². The second-order valence-electron chi connectivity index (χ2n) is 16.5. The SMILES string of the molecule is CC(O)C(CC(=O)C(CCC(=O)O)NC(=O)C(CC(=O)C(CCC(=O)O)NC(=O)C(CC(=O)OCC1c2ccccc2-c2ccccc21)Cc1ccccc1)Cc1ccccc1)C(N)=O. The van der Waals surface area contributed by atoms with E-state index in [-0.39, 0.29) is 44.6 Å². The predicted octanol–water partition coefficient (Wildman–Crippen LogP) is 4.55. The highest BCUT2D eigenvalue weighted by molar-refractivity contribution is 5.96. The van der Waals surface area contributed by atoms with Crippen molar-refractivity contribution in [1.82, 2.24) is 10.6 Å². The first-order valence-corrected chi connectivity index (χ1v) is 21.6. The molecule has 0 saturated carbocycles. The van der Waals surface area contributed by atoms with E-state index in [1.54, 1.807) is 60.7 Å². The number of hydrogen-bond donors (Lipinski definition) is 6. The molecule has 0 aromatic heterocycles. The molecule has 0 fully saturated rings. The van der Waals surface area contributed by atoms with Gasteiger partial charge in [0.25, 0.3) is 0 Å². The number of aliphatic carboxylic acids is 2. The van der Waals surface area contributed by atoms with Crippen molar-refractivity contribution in [2.45, 2.75) is 88.8 Å². The maximum Gasteiger partial charge on any atom is 0.306 e. The fourth-order valence-electron chi connectivity index (χ4n) is 8.18. The number of amides is 3. The molecule has 15 heteroatoms. The highest BCUT2D eigenvalue weighted by Gasteiger charge is 2.35. The summed E-state index contributed by atoms with van der Waals surface area (Å²) in [7, 11) is 0. The Morgan fingerprint density at radius 3 is 1.45 bits per heavy atom. The van der Waals surface area contributed by atoms with Gasteiger partial charge in [0.2, 0.25) is 17.7 Å². The first-order valence-electron chi connectivity index (χ1n) is 21.6. The van der Waals surface area contributed by atoms with Crippen molar-refractivity contribution in [3.05, 3.63) is 131 Å². The molecule has 0 radical (unpaired) electrons. The molecule has 0 spiro atoms. The fourth-order valence-corrected chi connectivity index (χ4v) is 8.18. The number of carbonyl (C=O) groups is 8. The Bertz CT molecular complexity index is 2290. The third-order valence-corrected chi connectivity index (χ3v) is 11.7. The number of benzene rings is 4. The van der Waals surface area contributed by atoms with E-state index in [0.717, 1.165) is 27.8 Å². The van der Waals surface area contributed by atoms with Crippen molar-refractivity contribution < 1.29 is 58.4 Å². The summed E-state index contributed by atoms with van der Waals surface area (Å²) in [6.45, 7) is 1.28. The molecule has 15 nitrogen and oxygen atoms in total. The number of primary amides is 1. The van der Waals surface area contributed by atoms with E-state index in [1.165, 1.54) is 6.92 Å². The molecule has 4 aromatic carbocycles. The minimum atomic E-state index is -1.44. The summed E-state index contributed by atoms with van der Waals surface area (Å²) in [5.74, 6) is -10.9. The Balaban J connectivity index is 1.36. The standard InChI is InChI=1S/C50H55N3O12/c1-30(54)39(48(51)62)28-44(56)42(21-23-46(59)60)53-49(63)33(24-31-12-4-2-5-13-31)26-43(55)41(20-22-45(57)58)52-50(64)34(25-32-14-6-3-7-15-32)27-47(61)65-29-40-37-18-10-8-16-35(37)36-17-9-11-19-38(36)40/h2-19,30,33-34,39-42,54H,20-29H2,1H3,(H2,51,62)(H,52,64)(H,53,63)(H,57,58)(H,59,60). The van der Waals surface area contributed by atoms with E-state index in [9.17, 15) is 53.7 Å². The number of esters is 1. The zero-order valence-corrected chi connectivity index (χ0v) is 36.1. The summed E-state index contributed by atoms with van der Waals surface area (Å²) in [5, 5.41) is 34.4. The van der Waals surface area contributed by atoms with Crippen molar-refractivity contribution in [3.8, 4) is 11.1 Å². The van der Waals surface area contributed by atoms with Gasteiger partial charge in [0, 0.05) is 37.5 Å². The van der Waals surface area contributed by atoms with Crippen LogP contribution in [0.1, 0.15) is 80.0 Å². The first-order chi connectivity index (χ1) is 31.1. The first kappa shape index (κ1) is 49.0. The Morgan fingerprint density at radius 2 is 1.02 bits per heavy atom. The van der Waals surface area contributed by atoms with Gasteiger partial charge in [-0.1, -0.05) is 109 Å². The number of ether oxygens (including phenoxy) is 1. The summed E-state index contributed by atoms with van der Waals surface area (Å²) in [5.41, 5.74) is 10.8. The van der Waals surface area contributed by atoms with Crippen LogP contribution in [0.3, 0.4) is 0 Å². The third-order valence-electron chi connectivity index (χ3n) is 11.7. The lowest BCUT2D eigenvalue weighted by molar-refractivity contribution is -0.147. The van der Waals surface area contributed by atoms with E-state index < -0.39 is 109 Å². The molecule has 0 bridgehead atoms. The number of rotatable bonds is 26. The van der Waals surface area contributed by atoms with Gasteiger partial charge in [-0.3, -0.25) is 38.4 Å². The van der Waals surface area contributed by atoms with Crippen LogP contribution < -0.4 is 16.4 Å². The molecule has 1 aliphatic carbocycles. The number of hydrogen-bond acceptors (Lipinski definition) is 10. The Morgan fingerprint density at radius 1 is 0.600 bits per heavy atom. The number of carbonyl (C=O) groups excluding carboxylic acids is 6. The molecule has 65 heavy (non-hydrogen) atoms. The molecule has 3 amide bonds. The van der Waals surface area contributed by atoms with Gasteiger partial charge >= 0.3 is 17.9 Å². The molecule has 4 aromatic rings. The van der Waals surface area contributed by atoms with Crippen molar-refractivity contribution in [3.63, 3.8) is 0 Å². The van der Waals surface area contributed by atoms with Gasteiger partial charge in [0.15, 0.2) is 11.6 Å². The Labute approximate surface area is 376 Å². The number of carboxylic acid groups (broad SMARTS) is 2. The predicted molar refractivity (Wildman–Crippen MR) is 238 cm³/mol. The number of aliphatic hydroxyl groups excluding tert-OH is 1. The van der Waals surface area contributed by atoms with Gasteiger partial charge in [0.1, 0.15) is 6.61 Å². The summed E-state index contributed by atoms with van der Waals surface area (Å²) in [6, 6.07) is 30.4. The van der Waals surface area contributed by atoms with Crippen LogP contribution in [0, 0.1) is 17.8 Å². The highest BCUT2D eigenvalue weighted by atomic mass is 16.5. The van der Waals surface area contributed by atoms with Gasteiger partial charge < -0.3 is 36.4 Å². The number of Topliss-reactive ketones (excluding diaryl/α,β-unsaturated/α-hetero) is 2. The van der Waals surface area contributed by atoms with Crippen LogP contribution in [0.5, 0.6) is 0 Å². The van der Waals surface area contributed by atoms with Crippen molar-refractivity contribution in [1.29, 1.82) is 0 Å². The number of ketones is 2. The lowest BCUT2D eigenvalue weighted by atomic mass is 9.88. The molecule has 0 aliphatic heterocycles. The summed E-state index contributed by atoms with van der Waals surface area (Å²) < 4.78 is 5.85. The molecule has 1 aliphatic rings. The molecule has 6 unspecified atom stereocenters. The topological polar surface area (TPSA) is 257 Å². The van der Waals surface area contributed by atoms with E-state index in [1.807, 2.05) is 48.5 Å². The average Bonchev–Trinajstić information content (AvgIpc) is 3.60. The van der Waals surface area contributed by atoms with Crippen molar-refractivity contribution in [2.24, 2.45) is 23.5 Å². The molecular formula is C50H55N3O12. The van der Waals surface area contributed by atoms with Gasteiger partial charge in [-0.25, -0.2) is 0 Å². The van der Waals surface area contributed by atoms with Crippen LogP contribution in [0.4, 0.5) is 0 Å². The van der Waals surface area contributed by atoms with Crippen LogP contribution in [-0.2, 0) is 55.9 Å². The molecule has 0 heterocycles. The lowest BCUT2D eigenvalue weighted by Gasteiger charge is -2.26. The van der Waals surface area contributed by atoms with Gasteiger partial charge in [-0.05, 0) is 66.0 Å². The number of nitrogens with one attached hydrogen (secondary N) is 2. The summed E-state index contributed by atoms with van der Waals surface area (Å²) in [6.07, 6.45) is -4.59. The average molecular weight is 890 g/mol. The van der Waals surface area contributed by atoms with Gasteiger partial charge in [-0.15, -0.1) is 0 Å². The Kier molecular flexibility index (Phi) is 17.8. The zero-order chi connectivity index (χ0) is 47.0. The molecule has 6 atom stereocenters. The third kappa shape index (κ3) is 14.2. The fraction of sp³-hybridized carbons (Fsp3) is 0.360.